The number of carbonyl (C=O) groups excluding carboxylic acids is 1. The van der Waals surface area contributed by atoms with Crippen LogP contribution >= 0.6 is 0 Å². The number of carbonyl (C=O) groups is 1. The Kier molecular flexibility index (Phi) is 7.85. The van der Waals surface area contributed by atoms with Crippen molar-refractivity contribution >= 4 is 11.9 Å². The maximum Gasteiger partial charge on any atom is 0.251 e. The Labute approximate surface area is 160 Å². The van der Waals surface area contributed by atoms with Crippen molar-refractivity contribution in [3.63, 3.8) is 0 Å². The van der Waals surface area contributed by atoms with Gasteiger partial charge in [0.25, 0.3) is 5.91 Å². The molecule has 1 aromatic carbocycles. The molecule has 2 rings (SSSR count). The van der Waals surface area contributed by atoms with Gasteiger partial charge in [0.15, 0.2) is 5.96 Å². The van der Waals surface area contributed by atoms with Gasteiger partial charge >= 0.3 is 0 Å². The molecular formula is C20H29N5O2. The van der Waals surface area contributed by atoms with Gasteiger partial charge < -0.3 is 20.5 Å². The van der Waals surface area contributed by atoms with Crippen molar-refractivity contribution in [2.45, 2.75) is 46.7 Å². The van der Waals surface area contributed by atoms with Gasteiger partial charge in [0.2, 0.25) is 0 Å². The average Bonchev–Trinajstić information content (AvgIpc) is 3.11. The fraction of sp³-hybridized carbons (Fsp3) is 0.450. The molecule has 0 aliphatic rings. The molecule has 0 radical (unpaired) electrons. The molecule has 2 aromatic rings. The van der Waals surface area contributed by atoms with Crippen LogP contribution in [0.25, 0.3) is 0 Å². The standard InChI is InChI=1S/C20H29N5O2/c1-5-17-16(18(6-2)27-25-17)13-24-20(22-7-3)23-12-14-8-10-15(11-9-14)19(26)21-4/h8-11H,5-7,12-13H2,1-4H3,(H,21,26)(H2,22,23,24). The van der Waals surface area contributed by atoms with Crippen molar-refractivity contribution in [3.05, 3.63) is 52.4 Å². The second-order valence-corrected chi connectivity index (χ2v) is 6.06. The Bertz CT molecular complexity index is 744. The fourth-order valence-electron chi connectivity index (χ4n) is 2.73. The molecule has 0 atom stereocenters. The summed E-state index contributed by atoms with van der Waals surface area (Å²) in [5, 5.41) is 13.4. The van der Waals surface area contributed by atoms with E-state index in [2.05, 4.69) is 39.9 Å². The summed E-state index contributed by atoms with van der Waals surface area (Å²) in [5.41, 5.74) is 3.77. The molecule has 0 aliphatic heterocycles. The van der Waals surface area contributed by atoms with Crippen LogP contribution in [-0.2, 0) is 25.9 Å². The number of benzene rings is 1. The minimum Gasteiger partial charge on any atom is -0.361 e. The van der Waals surface area contributed by atoms with E-state index in [-0.39, 0.29) is 5.91 Å². The number of nitrogens with zero attached hydrogens (tertiary/aromatic N) is 2. The zero-order valence-corrected chi connectivity index (χ0v) is 16.6. The highest BCUT2D eigenvalue weighted by Crippen LogP contribution is 2.15. The lowest BCUT2D eigenvalue weighted by atomic mass is 10.1. The first-order valence-corrected chi connectivity index (χ1v) is 9.42. The van der Waals surface area contributed by atoms with Gasteiger partial charge in [0, 0.05) is 37.7 Å². The molecule has 7 heteroatoms. The molecule has 0 aliphatic carbocycles. The van der Waals surface area contributed by atoms with Crippen molar-refractivity contribution in [1.29, 1.82) is 0 Å². The third-order valence-electron chi connectivity index (χ3n) is 4.25. The fourth-order valence-corrected chi connectivity index (χ4v) is 2.73. The normalized spacial score (nSPS) is 11.3. The van der Waals surface area contributed by atoms with E-state index in [1.165, 1.54) is 0 Å². The Morgan fingerprint density at radius 2 is 1.85 bits per heavy atom. The van der Waals surface area contributed by atoms with E-state index in [0.717, 1.165) is 47.9 Å². The predicted molar refractivity (Wildman–Crippen MR) is 107 cm³/mol. The van der Waals surface area contributed by atoms with Crippen LogP contribution in [0.5, 0.6) is 0 Å². The summed E-state index contributed by atoms with van der Waals surface area (Å²) in [4.78, 5) is 16.2. The summed E-state index contributed by atoms with van der Waals surface area (Å²) < 4.78 is 5.41. The Balaban J connectivity index is 2.04. The van der Waals surface area contributed by atoms with Gasteiger partial charge in [-0.05, 0) is 31.0 Å². The molecule has 27 heavy (non-hydrogen) atoms. The van der Waals surface area contributed by atoms with Crippen molar-refractivity contribution < 1.29 is 9.32 Å². The van der Waals surface area contributed by atoms with Gasteiger partial charge in [-0.2, -0.15) is 0 Å². The summed E-state index contributed by atoms with van der Waals surface area (Å²) in [5.74, 6) is 1.56. The maximum atomic E-state index is 11.6. The molecule has 3 N–H and O–H groups in total. The predicted octanol–water partition coefficient (Wildman–Crippen LogP) is 2.41. The van der Waals surface area contributed by atoms with Gasteiger partial charge in [-0.3, -0.25) is 4.79 Å². The molecule has 146 valence electrons. The summed E-state index contributed by atoms with van der Waals surface area (Å²) >= 11 is 0. The van der Waals surface area contributed by atoms with Crippen LogP contribution in [-0.4, -0.2) is 30.6 Å². The molecule has 1 aromatic heterocycles. The molecule has 7 nitrogen and oxygen atoms in total. The monoisotopic (exact) mass is 371 g/mol. The maximum absolute atomic E-state index is 11.6. The quantitative estimate of drug-likeness (QED) is 0.490. The van der Waals surface area contributed by atoms with Crippen LogP contribution in [0, 0.1) is 0 Å². The van der Waals surface area contributed by atoms with Crippen LogP contribution in [0.1, 0.15) is 53.7 Å². The highest BCUT2D eigenvalue weighted by molar-refractivity contribution is 5.93. The molecule has 0 bridgehead atoms. The number of guanidine groups is 1. The summed E-state index contributed by atoms with van der Waals surface area (Å²) in [6.07, 6.45) is 1.65. The first-order chi connectivity index (χ1) is 13.1. The number of aryl methyl sites for hydroxylation is 2. The summed E-state index contributed by atoms with van der Waals surface area (Å²) in [6, 6.07) is 7.45. The van der Waals surface area contributed by atoms with E-state index in [1.54, 1.807) is 7.05 Å². The average molecular weight is 371 g/mol. The molecule has 0 spiro atoms. The lowest BCUT2D eigenvalue weighted by Gasteiger charge is -2.12. The van der Waals surface area contributed by atoms with Gasteiger partial charge in [-0.25, -0.2) is 4.99 Å². The lowest BCUT2D eigenvalue weighted by Crippen LogP contribution is -2.37. The second kappa shape index (κ2) is 10.4. The third-order valence-corrected chi connectivity index (χ3v) is 4.25. The van der Waals surface area contributed by atoms with Crippen LogP contribution in [0.15, 0.2) is 33.8 Å². The third kappa shape index (κ3) is 5.57. The van der Waals surface area contributed by atoms with Crippen molar-refractivity contribution in [2.24, 2.45) is 4.99 Å². The van der Waals surface area contributed by atoms with Crippen LogP contribution in [0.2, 0.25) is 0 Å². The minimum atomic E-state index is -0.0905. The molecule has 1 amide bonds. The smallest absolute Gasteiger partial charge is 0.251 e. The molecule has 0 saturated heterocycles. The number of amides is 1. The Morgan fingerprint density at radius 1 is 1.11 bits per heavy atom. The summed E-state index contributed by atoms with van der Waals surface area (Å²) in [6.45, 7) is 8.08. The van der Waals surface area contributed by atoms with Crippen LogP contribution < -0.4 is 16.0 Å². The molecule has 0 saturated carbocycles. The number of hydrogen-bond acceptors (Lipinski definition) is 4. The number of hydrogen-bond donors (Lipinski definition) is 3. The van der Waals surface area contributed by atoms with Gasteiger partial charge in [-0.1, -0.05) is 31.1 Å². The SMILES string of the molecule is CCNC(=NCc1ccc(C(=O)NC)cc1)NCc1c(CC)noc1CC. The molecule has 0 fully saturated rings. The largest absolute Gasteiger partial charge is 0.361 e. The molecule has 0 unspecified atom stereocenters. The molecular weight excluding hydrogens is 342 g/mol. The van der Waals surface area contributed by atoms with Crippen molar-refractivity contribution in [3.8, 4) is 0 Å². The number of rotatable bonds is 8. The minimum absolute atomic E-state index is 0.0905. The van der Waals surface area contributed by atoms with E-state index in [4.69, 9.17) is 4.52 Å². The second-order valence-electron chi connectivity index (χ2n) is 6.06. The van der Waals surface area contributed by atoms with Crippen molar-refractivity contribution in [1.82, 2.24) is 21.1 Å². The first kappa shape index (κ1) is 20.5. The van der Waals surface area contributed by atoms with E-state index in [1.807, 2.05) is 31.2 Å². The van der Waals surface area contributed by atoms with E-state index < -0.39 is 0 Å². The van der Waals surface area contributed by atoms with Crippen LogP contribution in [0.3, 0.4) is 0 Å². The van der Waals surface area contributed by atoms with Gasteiger partial charge in [0.1, 0.15) is 5.76 Å². The number of aromatic nitrogens is 1. The highest BCUT2D eigenvalue weighted by Gasteiger charge is 2.13. The van der Waals surface area contributed by atoms with Crippen molar-refractivity contribution in [2.75, 3.05) is 13.6 Å². The number of aliphatic imine (C=N–C) groups is 1. The lowest BCUT2D eigenvalue weighted by molar-refractivity contribution is 0.0963. The summed E-state index contributed by atoms with van der Waals surface area (Å²) in [7, 11) is 1.62. The van der Waals surface area contributed by atoms with E-state index in [9.17, 15) is 4.79 Å². The Morgan fingerprint density at radius 3 is 2.44 bits per heavy atom. The van der Waals surface area contributed by atoms with E-state index in [0.29, 0.717) is 18.7 Å². The Hall–Kier alpha value is -2.83. The highest BCUT2D eigenvalue weighted by atomic mass is 16.5. The first-order valence-electron chi connectivity index (χ1n) is 9.42. The van der Waals surface area contributed by atoms with E-state index >= 15 is 0 Å². The topological polar surface area (TPSA) is 91.5 Å². The van der Waals surface area contributed by atoms with Gasteiger partial charge in [-0.15, -0.1) is 0 Å². The zero-order valence-electron chi connectivity index (χ0n) is 16.6. The zero-order chi connectivity index (χ0) is 19.6. The number of nitrogens with one attached hydrogen (secondary N) is 3. The van der Waals surface area contributed by atoms with Gasteiger partial charge in [0.05, 0.1) is 12.2 Å². The molecule has 1 heterocycles. The van der Waals surface area contributed by atoms with Crippen LogP contribution in [0.4, 0.5) is 0 Å².